The number of nitrogens with one attached hydrogen (secondary N) is 1. The van der Waals surface area contributed by atoms with Gasteiger partial charge in [-0.1, -0.05) is 27.2 Å². The minimum Gasteiger partial charge on any atom is -0.284 e. The van der Waals surface area contributed by atoms with E-state index in [0.29, 0.717) is 0 Å². The van der Waals surface area contributed by atoms with Crippen LogP contribution in [0.1, 0.15) is 46.5 Å². The Bertz CT molecular complexity index is 98.9. The van der Waals surface area contributed by atoms with Crippen molar-refractivity contribution in [3.8, 4) is 0 Å². The molecule has 1 N–H and O–H groups in total. The summed E-state index contributed by atoms with van der Waals surface area (Å²) in [6.07, 6.45) is 4.57. The van der Waals surface area contributed by atoms with Crippen molar-refractivity contribution in [1.29, 1.82) is 0 Å². The van der Waals surface area contributed by atoms with Crippen molar-refractivity contribution in [2.24, 2.45) is 0 Å². The van der Waals surface area contributed by atoms with Gasteiger partial charge in [-0.25, -0.2) is 5.43 Å². The number of rotatable bonds is 9. The summed E-state index contributed by atoms with van der Waals surface area (Å²) in [6, 6.07) is 0. The van der Waals surface area contributed by atoms with Crippen LogP contribution in [0.15, 0.2) is 0 Å². The van der Waals surface area contributed by atoms with E-state index in [1.165, 1.54) is 6.42 Å². The monoisotopic (exact) mass is 188 g/mol. The van der Waals surface area contributed by atoms with E-state index in [1.807, 2.05) is 5.17 Å². The van der Waals surface area contributed by atoms with Crippen molar-refractivity contribution in [2.75, 3.05) is 19.7 Å². The van der Waals surface area contributed by atoms with E-state index in [1.54, 1.807) is 0 Å². The number of hydrogen-bond acceptors (Lipinski definition) is 3. The topological polar surface area (TPSA) is 24.5 Å². The molecule has 0 aliphatic carbocycles. The molecule has 3 heteroatoms. The van der Waals surface area contributed by atoms with Crippen LogP contribution in [0.3, 0.4) is 0 Å². The predicted molar refractivity (Wildman–Crippen MR) is 56.2 cm³/mol. The summed E-state index contributed by atoms with van der Waals surface area (Å²) in [5, 5.41) is 1.87. The lowest BCUT2D eigenvalue weighted by molar-refractivity contribution is -0.196. The molecule has 0 atom stereocenters. The lowest BCUT2D eigenvalue weighted by atomic mass is 10.4. The van der Waals surface area contributed by atoms with Crippen molar-refractivity contribution < 1.29 is 4.84 Å². The Labute approximate surface area is 82.4 Å². The van der Waals surface area contributed by atoms with E-state index < -0.39 is 0 Å². The molecule has 13 heavy (non-hydrogen) atoms. The highest BCUT2D eigenvalue weighted by atomic mass is 16.7. The Balaban J connectivity index is 3.41. The molecule has 0 radical (unpaired) electrons. The zero-order valence-electron chi connectivity index (χ0n) is 9.31. The largest absolute Gasteiger partial charge is 0.284 e. The summed E-state index contributed by atoms with van der Waals surface area (Å²) in [5.41, 5.74) is 3.24. The maximum atomic E-state index is 5.55. The quantitative estimate of drug-likeness (QED) is 0.444. The van der Waals surface area contributed by atoms with E-state index in [4.69, 9.17) is 4.84 Å². The van der Waals surface area contributed by atoms with Crippen LogP contribution in [-0.4, -0.2) is 24.9 Å². The standard InChI is InChI=1S/C10H24N2O/c1-4-7-10-13-12(9-6-3)11-8-5-2/h11H,4-10H2,1-3H3. The molecule has 0 heterocycles. The molecular formula is C10H24N2O. The van der Waals surface area contributed by atoms with Gasteiger partial charge in [0.05, 0.1) is 6.61 Å². The van der Waals surface area contributed by atoms with Crippen molar-refractivity contribution in [3.05, 3.63) is 0 Å². The number of unbranched alkanes of at least 4 members (excludes halogenated alkanes) is 1. The van der Waals surface area contributed by atoms with Gasteiger partial charge in [0.1, 0.15) is 0 Å². The molecule has 0 aromatic heterocycles. The van der Waals surface area contributed by atoms with Crippen LogP contribution in [0.5, 0.6) is 0 Å². The molecular weight excluding hydrogens is 164 g/mol. The Hall–Kier alpha value is -0.120. The summed E-state index contributed by atoms with van der Waals surface area (Å²) in [5.74, 6) is 0. The van der Waals surface area contributed by atoms with Gasteiger partial charge >= 0.3 is 0 Å². The molecule has 3 nitrogen and oxygen atoms in total. The third-order valence-electron chi connectivity index (χ3n) is 1.71. The third kappa shape index (κ3) is 8.22. The number of hydrogen-bond donors (Lipinski definition) is 1. The van der Waals surface area contributed by atoms with E-state index >= 15 is 0 Å². The second-order valence-electron chi connectivity index (χ2n) is 3.20. The summed E-state index contributed by atoms with van der Waals surface area (Å²) in [4.78, 5) is 5.55. The molecule has 0 aromatic rings. The molecule has 0 bridgehead atoms. The first-order valence-corrected chi connectivity index (χ1v) is 5.49. The number of hydrazine groups is 1. The Morgan fingerprint density at radius 2 is 1.85 bits per heavy atom. The fourth-order valence-corrected chi connectivity index (χ4v) is 0.948. The van der Waals surface area contributed by atoms with Gasteiger partial charge in [-0.15, -0.1) is 5.17 Å². The Kier molecular flexibility index (Phi) is 9.87. The molecule has 0 amide bonds. The predicted octanol–water partition coefficient (Wildman–Crippen LogP) is 2.34. The number of hydroxylamine groups is 1. The molecule has 0 saturated carbocycles. The van der Waals surface area contributed by atoms with Gasteiger partial charge in [-0.3, -0.25) is 4.84 Å². The highest BCUT2D eigenvalue weighted by Gasteiger charge is 2.01. The fraction of sp³-hybridized carbons (Fsp3) is 1.00. The van der Waals surface area contributed by atoms with Crippen molar-refractivity contribution in [2.45, 2.75) is 46.5 Å². The van der Waals surface area contributed by atoms with Gasteiger partial charge < -0.3 is 0 Å². The molecule has 0 fully saturated rings. The molecule has 0 unspecified atom stereocenters. The van der Waals surface area contributed by atoms with E-state index in [9.17, 15) is 0 Å². The average molecular weight is 188 g/mol. The highest BCUT2D eigenvalue weighted by Crippen LogP contribution is 1.93. The Morgan fingerprint density at radius 3 is 2.38 bits per heavy atom. The fourth-order valence-electron chi connectivity index (χ4n) is 0.948. The van der Waals surface area contributed by atoms with Gasteiger partial charge in [0.15, 0.2) is 0 Å². The first kappa shape index (κ1) is 12.9. The molecule has 0 spiro atoms. The lowest BCUT2D eigenvalue weighted by Gasteiger charge is -2.21. The third-order valence-corrected chi connectivity index (χ3v) is 1.71. The smallest absolute Gasteiger partial charge is 0.0701 e. The maximum absolute atomic E-state index is 5.55. The molecule has 80 valence electrons. The summed E-state index contributed by atoms with van der Waals surface area (Å²) < 4.78 is 0. The van der Waals surface area contributed by atoms with Crippen molar-refractivity contribution >= 4 is 0 Å². The molecule has 0 aliphatic heterocycles. The first-order valence-electron chi connectivity index (χ1n) is 5.49. The zero-order chi connectivity index (χ0) is 9.94. The molecule has 0 aromatic carbocycles. The minimum atomic E-state index is 0.827. The first-order chi connectivity index (χ1) is 6.35. The van der Waals surface area contributed by atoms with Gasteiger partial charge in [0, 0.05) is 13.1 Å². The summed E-state index contributed by atoms with van der Waals surface area (Å²) in [7, 11) is 0. The van der Waals surface area contributed by atoms with E-state index in [2.05, 4.69) is 26.2 Å². The zero-order valence-corrected chi connectivity index (χ0v) is 9.31. The normalized spacial score (nSPS) is 11.1. The second-order valence-corrected chi connectivity index (χ2v) is 3.20. The van der Waals surface area contributed by atoms with Gasteiger partial charge in [-0.2, -0.15) is 0 Å². The van der Waals surface area contributed by atoms with E-state index in [0.717, 1.165) is 39.0 Å². The molecule has 0 rings (SSSR count). The van der Waals surface area contributed by atoms with Crippen LogP contribution < -0.4 is 5.43 Å². The summed E-state index contributed by atoms with van der Waals surface area (Å²) in [6.45, 7) is 9.27. The van der Waals surface area contributed by atoms with Crippen LogP contribution >= 0.6 is 0 Å². The van der Waals surface area contributed by atoms with Crippen LogP contribution in [0.25, 0.3) is 0 Å². The Morgan fingerprint density at radius 1 is 1.08 bits per heavy atom. The summed E-state index contributed by atoms with van der Waals surface area (Å²) >= 11 is 0. The maximum Gasteiger partial charge on any atom is 0.0701 e. The van der Waals surface area contributed by atoms with Gasteiger partial charge in [-0.05, 0) is 19.3 Å². The lowest BCUT2D eigenvalue weighted by Crippen LogP contribution is -2.39. The SMILES string of the molecule is CCCCON(CCC)NCCC. The van der Waals surface area contributed by atoms with Gasteiger partial charge in [0.25, 0.3) is 0 Å². The molecule has 0 saturated heterocycles. The van der Waals surface area contributed by atoms with Crippen molar-refractivity contribution in [3.63, 3.8) is 0 Å². The highest BCUT2D eigenvalue weighted by molar-refractivity contribution is 4.39. The number of nitrogens with zero attached hydrogens (tertiary/aromatic N) is 1. The van der Waals surface area contributed by atoms with Crippen LogP contribution in [0.2, 0.25) is 0 Å². The average Bonchev–Trinajstić information content (AvgIpc) is 2.14. The van der Waals surface area contributed by atoms with Gasteiger partial charge in [0.2, 0.25) is 0 Å². The van der Waals surface area contributed by atoms with Crippen LogP contribution in [0.4, 0.5) is 0 Å². The molecule has 0 aliphatic rings. The second kappa shape index (κ2) is 9.96. The minimum absolute atomic E-state index is 0.827. The van der Waals surface area contributed by atoms with Crippen LogP contribution in [-0.2, 0) is 4.84 Å². The van der Waals surface area contributed by atoms with E-state index in [-0.39, 0.29) is 0 Å². The van der Waals surface area contributed by atoms with Crippen molar-refractivity contribution in [1.82, 2.24) is 10.6 Å². The van der Waals surface area contributed by atoms with Crippen LogP contribution in [0, 0.1) is 0 Å².